The Morgan fingerprint density at radius 1 is 0.966 bits per heavy atom. The zero-order chi connectivity index (χ0) is 19.8. The first kappa shape index (κ1) is 17.9. The predicted octanol–water partition coefficient (Wildman–Crippen LogP) is 5.05. The Morgan fingerprint density at radius 2 is 1.76 bits per heavy atom. The maximum absolute atomic E-state index is 6.30. The van der Waals surface area contributed by atoms with E-state index in [0.29, 0.717) is 29.0 Å². The zero-order valence-corrected chi connectivity index (χ0v) is 17.0. The molecule has 4 aromatic rings. The Labute approximate surface area is 172 Å². The van der Waals surface area contributed by atoms with Crippen molar-refractivity contribution in [3.05, 3.63) is 53.2 Å². The number of pyridine rings is 1. The number of fused-ring (bicyclic) bond motifs is 3. The Bertz CT molecular complexity index is 1170. The third-order valence-electron chi connectivity index (χ3n) is 4.99. The highest BCUT2D eigenvalue weighted by Gasteiger charge is 2.24. The van der Waals surface area contributed by atoms with Crippen LogP contribution in [-0.4, -0.2) is 29.2 Å². The smallest absolute Gasteiger partial charge is 0.231 e. The first-order valence-electron chi connectivity index (χ1n) is 9.39. The number of benzene rings is 1. The van der Waals surface area contributed by atoms with Crippen LogP contribution >= 0.6 is 11.3 Å². The van der Waals surface area contributed by atoms with Gasteiger partial charge in [-0.2, -0.15) is 4.98 Å². The molecule has 3 heterocycles. The van der Waals surface area contributed by atoms with Gasteiger partial charge >= 0.3 is 0 Å². The number of ether oxygens (including phenoxy) is 3. The lowest BCUT2D eigenvalue weighted by Gasteiger charge is -2.12. The fourth-order valence-electron chi connectivity index (χ4n) is 3.61. The molecule has 1 aliphatic carbocycles. The molecule has 1 aliphatic rings. The highest BCUT2D eigenvalue weighted by Crippen LogP contribution is 2.43. The average Bonchev–Trinajstić information content (AvgIpc) is 3.35. The van der Waals surface area contributed by atoms with Crippen molar-refractivity contribution in [3.63, 3.8) is 0 Å². The highest BCUT2D eigenvalue weighted by atomic mass is 32.1. The van der Waals surface area contributed by atoms with Crippen LogP contribution < -0.4 is 14.2 Å². The van der Waals surface area contributed by atoms with Gasteiger partial charge in [0.1, 0.15) is 22.1 Å². The molecule has 0 bridgehead atoms. The van der Waals surface area contributed by atoms with Crippen LogP contribution in [0.5, 0.6) is 23.1 Å². The topological polar surface area (TPSA) is 66.4 Å². The number of nitrogens with zero attached hydrogens (tertiary/aromatic N) is 3. The Balaban J connectivity index is 1.67. The van der Waals surface area contributed by atoms with Crippen molar-refractivity contribution in [2.24, 2.45) is 0 Å². The molecule has 0 spiro atoms. The van der Waals surface area contributed by atoms with Gasteiger partial charge in [0.2, 0.25) is 5.88 Å². The zero-order valence-electron chi connectivity index (χ0n) is 16.1. The van der Waals surface area contributed by atoms with Gasteiger partial charge in [-0.3, -0.25) is 4.98 Å². The summed E-state index contributed by atoms with van der Waals surface area (Å²) in [4.78, 5) is 16.1. The van der Waals surface area contributed by atoms with E-state index >= 15 is 0 Å². The van der Waals surface area contributed by atoms with E-state index in [1.807, 2.05) is 30.3 Å². The predicted molar refractivity (Wildman–Crippen MR) is 112 cm³/mol. The lowest BCUT2D eigenvalue weighted by molar-refractivity contribution is 0.385. The Hall–Kier alpha value is -3.19. The lowest BCUT2D eigenvalue weighted by Crippen LogP contribution is -1.97. The fraction of sp³-hybridized carbons (Fsp3) is 0.227. The van der Waals surface area contributed by atoms with E-state index in [1.54, 1.807) is 38.0 Å². The third-order valence-corrected chi connectivity index (χ3v) is 6.18. The molecule has 0 saturated heterocycles. The van der Waals surface area contributed by atoms with Gasteiger partial charge < -0.3 is 14.2 Å². The molecule has 1 aromatic carbocycles. The van der Waals surface area contributed by atoms with Gasteiger partial charge in [-0.15, -0.1) is 11.3 Å². The van der Waals surface area contributed by atoms with Crippen LogP contribution in [0.4, 0.5) is 0 Å². The maximum atomic E-state index is 6.30. The third kappa shape index (κ3) is 3.27. The molecule has 6 nitrogen and oxygen atoms in total. The second kappa shape index (κ2) is 7.33. The van der Waals surface area contributed by atoms with E-state index in [1.165, 1.54) is 10.4 Å². The minimum atomic E-state index is 0.559. The summed E-state index contributed by atoms with van der Waals surface area (Å²) in [5.41, 5.74) is 2.17. The number of rotatable bonds is 5. The molecule has 0 N–H and O–H groups in total. The molecular formula is C22H19N3O3S. The summed E-state index contributed by atoms with van der Waals surface area (Å²) in [6.45, 7) is 0. The van der Waals surface area contributed by atoms with E-state index in [0.717, 1.165) is 35.0 Å². The summed E-state index contributed by atoms with van der Waals surface area (Å²) in [6, 6.07) is 9.30. The fourth-order valence-corrected chi connectivity index (χ4v) is 4.86. The first-order chi connectivity index (χ1) is 14.2. The largest absolute Gasteiger partial charge is 0.496 e. The molecule has 0 unspecified atom stereocenters. The molecule has 7 heteroatoms. The van der Waals surface area contributed by atoms with E-state index in [-0.39, 0.29) is 0 Å². The molecule has 3 aromatic heterocycles. The van der Waals surface area contributed by atoms with Crippen molar-refractivity contribution in [2.75, 3.05) is 14.2 Å². The molecule has 5 rings (SSSR count). The minimum Gasteiger partial charge on any atom is -0.496 e. The average molecular weight is 405 g/mol. The van der Waals surface area contributed by atoms with E-state index in [9.17, 15) is 0 Å². The van der Waals surface area contributed by atoms with Crippen LogP contribution in [0.1, 0.15) is 16.9 Å². The SMILES string of the molecule is COc1cc(OC)cc(Oc2nc(-c3cccnc3)nc3sc4c(c23)CCC4)c1. The van der Waals surface area contributed by atoms with Crippen molar-refractivity contribution < 1.29 is 14.2 Å². The summed E-state index contributed by atoms with van der Waals surface area (Å²) in [5.74, 6) is 3.09. The number of aryl methyl sites for hydroxylation is 2. The first-order valence-corrected chi connectivity index (χ1v) is 10.2. The quantitative estimate of drug-likeness (QED) is 0.463. The van der Waals surface area contributed by atoms with E-state index in [4.69, 9.17) is 24.2 Å². The molecule has 0 radical (unpaired) electrons. The number of hydrogen-bond donors (Lipinski definition) is 0. The van der Waals surface area contributed by atoms with Gasteiger partial charge in [0.05, 0.1) is 19.6 Å². The molecule has 146 valence electrons. The molecule has 0 saturated carbocycles. The second-order valence-electron chi connectivity index (χ2n) is 6.78. The molecule has 0 atom stereocenters. The normalized spacial score (nSPS) is 12.8. The molecular weight excluding hydrogens is 386 g/mol. The molecule has 0 fully saturated rings. The number of methoxy groups -OCH3 is 2. The second-order valence-corrected chi connectivity index (χ2v) is 7.87. The highest BCUT2D eigenvalue weighted by molar-refractivity contribution is 7.19. The van der Waals surface area contributed by atoms with Gasteiger partial charge in [-0.05, 0) is 37.0 Å². The van der Waals surface area contributed by atoms with E-state index < -0.39 is 0 Å². The van der Waals surface area contributed by atoms with Crippen molar-refractivity contribution in [1.29, 1.82) is 0 Å². The van der Waals surface area contributed by atoms with Gasteiger partial charge in [-0.25, -0.2) is 4.98 Å². The molecule has 0 amide bonds. The van der Waals surface area contributed by atoms with Crippen molar-refractivity contribution in [2.45, 2.75) is 19.3 Å². The van der Waals surface area contributed by atoms with Gasteiger partial charge in [-0.1, -0.05) is 0 Å². The summed E-state index contributed by atoms with van der Waals surface area (Å²) in [7, 11) is 3.24. The minimum absolute atomic E-state index is 0.559. The van der Waals surface area contributed by atoms with Gasteiger partial charge in [0, 0.05) is 41.0 Å². The van der Waals surface area contributed by atoms with Gasteiger partial charge in [0.25, 0.3) is 0 Å². The van der Waals surface area contributed by atoms with Crippen molar-refractivity contribution in [3.8, 4) is 34.5 Å². The van der Waals surface area contributed by atoms with Crippen LogP contribution in [0.25, 0.3) is 21.6 Å². The van der Waals surface area contributed by atoms with Crippen LogP contribution in [0.15, 0.2) is 42.7 Å². The van der Waals surface area contributed by atoms with Gasteiger partial charge in [0.15, 0.2) is 5.82 Å². The Kier molecular flexibility index (Phi) is 4.52. The number of thiophene rings is 1. The van der Waals surface area contributed by atoms with Crippen LogP contribution in [0.2, 0.25) is 0 Å². The maximum Gasteiger partial charge on any atom is 0.231 e. The van der Waals surface area contributed by atoms with Crippen LogP contribution in [0, 0.1) is 0 Å². The van der Waals surface area contributed by atoms with Crippen molar-refractivity contribution in [1.82, 2.24) is 15.0 Å². The standard InChI is InChI=1S/C22H19N3O3S/c1-26-14-9-15(27-2)11-16(10-14)28-21-19-17-6-3-7-18(17)29-22(19)25-20(24-21)13-5-4-8-23-12-13/h4-5,8-12H,3,6-7H2,1-2H3. The van der Waals surface area contributed by atoms with Crippen LogP contribution in [0.3, 0.4) is 0 Å². The summed E-state index contributed by atoms with van der Waals surface area (Å²) in [5, 5.41) is 1.01. The lowest BCUT2D eigenvalue weighted by atomic mass is 10.2. The summed E-state index contributed by atoms with van der Waals surface area (Å²) in [6.07, 6.45) is 6.78. The van der Waals surface area contributed by atoms with Crippen LogP contribution in [-0.2, 0) is 12.8 Å². The van der Waals surface area contributed by atoms with E-state index in [2.05, 4.69) is 4.98 Å². The number of aromatic nitrogens is 3. The summed E-state index contributed by atoms with van der Waals surface area (Å²) < 4.78 is 17.0. The summed E-state index contributed by atoms with van der Waals surface area (Å²) >= 11 is 1.73. The monoisotopic (exact) mass is 405 g/mol. The molecule has 29 heavy (non-hydrogen) atoms. The Morgan fingerprint density at radius 3 is 2.48 bits per heavy atom. The van der Waals surface area contributed by atoms with Crippen molar-refractivity contribution >= 4 is 21.6 Å². The number of hydrogen-bond acceptors (Lipinski definition) is 7. The molecule has 0 aliphatic heterocycles.